The topological polar surface area (TPSA) is 136 Å². The van der Waals surface area contributed by atoms with Gasteiger partial charge in [-0.2, -0.15) is 36.7 Å². The molecule has 3 atom stereocenters. The van der Waals surface area contributed by atoms with Gasteiger partial charge in [-0.05, 0) is 13.0 Å². The molecule has 2 aliphatic rings. The molecular formula is C25H27F6N7O4. The third kappa shape index (κ3) is 7.10. The van der Waals surface area contributed by atoms with Crippen LogP contribution >= 0.6 is 0 Å². The number of H-pyrrole nitrogens is 1. The molecule has 0 radical (unpaired) electrons. The molecule has 0 bridgehead atoms. The first kappa shape index (κ1) is 31.0. The number of pyridine rings is 1. The Morgan fingerprint density at radius 1 is 1.26 bits per heavy atom. The van der Waals surface area contributed by atoms with Gasteiger partial charge in [-0.25, -0.2) is 10.1 Å². The number of anilines is 2. The van der Waals surface area contributed by atoms with E-state index in [2.05, 4.69) is 15.4 Å². The van der Waals surface area contributed by atoms with E-state index in [0.717, 1.165) is 18.5 Å². The first-order valence-electron chi connectivity index (χ1n) is 12.9. The number of aromatic amines is 1. The summed E-state index contributed by atoms with van der Waals surface area (Å²) >= 11 is 0. The van der Waals surface area contributed by atoms with Crippen molar-refractivity contribution in [3.63, 3.8) is 0 Å². The molecule has 0 aromatic carbocycles. The van der Waals surface area contributed by atoms with Gasteiger partial charge in [0.05, 0.1) is 74.9 Å². The highest BCUT2D eigenvalue weighted by molar-refractivity contribution is 5.77. The molecule has 0 spiro atoms. The SMILES string of the molecule is C[C@@H](COCCC(=O)N1C[C@@H]2COCc3cc(C(F)(F)F)cnc3N2C[C@H]1CC#N)Nc1cn[nH]c(=O)c1C(F)(F)F. The van der Waals surface area contributed by atoms with Gasteiger partial charge < -0.3 is 24.6 Å². The summed E-state index contributed by atoms with van der Waals surface area (Å²) in [7, 11) is 0. The van der Waals surface area contributed by atoms with Crippen LogP contribution in [-0.4, -0.2) is 77.0 Å². The summed E-state index contributed by atoms with van der Waals surface area (Å²) < 4.78 is 90.4. The number of halogens is 6. The predicted molar refractivity (Wildman–Crippen MR) is 134 cm³/mol. The fourth-order valence-corrected chi connectivity index (χ4v) is 4.92. The second kappa shape index (κ2) is 12.5. The average Bonchev–Trinajstić information content (AvgIpc) is 3.08. The van der Waals surface area contributed by atoms with Gasteiger partial charge in [-0.1, -0.05) is 0 Å². The lowest BCUT2D eigenvalue weighted by Crippen LogP contribution is -2.61. The number of piperazine rings is 1. The number of hydrogen-bond acceptors (Lipinski definition) is 9. The summed E-state index contributed by atoms with van der Waals surface area (Å²) in [6, 6.07) is 1.38. The highest BCUT2D eigenvalue weighted by Crippen LogP contribution is 2.35. The fourth-order valence-electron chi connectivity index (χ4n) is 4.92. The van der Waals surface area contributed by atoms with E-state index in [1.807, 2.05) is 6.07 Å². The maximum Gasteiger partial charge on any atom is 0.423 e. The lowest BCUT2D eigenvalue weighted by Gasteiger charge is -2.45. The summed E-state index contributed by atoms with van der Waals surface area (Å²) in [6.45, 7) is 1.70. The largest absolute Gasteiger partial charge is 0.423 e. The van der Waals surface area contributed by atoms with Gasteiger partial charge in [0.15, 0.2) is 0 Å². The van der Waals surface area contributed by atoms with Crippen LogP contribution < -0.4 is 15.8 Å². The van der Waals surface area contributed by atoms with Crippen molar-refractivity contribution in [1.82, 2.24) is 20.1 Å². The predicted octanol–water partition coefficient (Wildman–Crippen LogP) is 2.94. The lowest BCUT2D eigenvalue weighted by molar-refractivity contribution is -0.138. The summed E-state index contributed by atoms with van der Waals surface area (Å²) in [5.41, 5.74) is -3.94. The Morgan fingerprint density at radius 3 is 2.71 bits per heavy atom. The molecule has 2 aromatic rings. The molecule has 17 heteroatoms. The van der Waals surface area contributed by atoms with Crippen LogP contribution in [0, 0.1) is 11.3 Å². The van der Waals surface area contributed by atoms with E-state index >= 15 is 0 Å². The van der Waals surface area contributed by atoms with Gasteiger partial charge in [0.1, 0.15) is 11.4 Å². The third-order valence-electron chi connectivity index (χ3n) is 6.82. The van der Waals surface area contributed by atoms with Gasteiger partial charge in [-0.15, -0.1) is 0 Å². The minimum Gasteiger partial charge on any atom is -0.379 e. The van der Waals surface area contributed by atoms with Crippen molar-refractivity contribution < 1.29 is 40.6 Å². The molecule has 0 saturated carbocycles. The van der Waals surface area contributed by atoms with E-state index in [9.17, 15) is 41.2 Å². The average molecular weight is 604 g/mol. The number of fused-ring (bicyclic) bond motifs is 3. The Bertz CT molecular complexity index is 1380. The van der Waals surface area contributed by atoms with Crippen LogP contribution in [0.4, 0.5) is 37.8 Å². The smallest absolute Gasteiger partial charge is 0.379 e. The molecule has 2 aromatic heterocycles. The highest BCUT2D eigenvalue weighted by Gasteiger charge is 2.40. The van der Waals surface area contributed by atoms with E-state index in [0.29, 0.717) is 5.82 Å². The lowest BCUT2D eigenvalue weighted by atomic mass is 10.0. The van der Waals surface area contributed by atoms with Crippen molar-refractivity contribution in [2.45, 2.75) is 56.9 Å². The minimum absolute atomic E-state index is 0.0284. The second-order valence-corrected chi connectivity index (χ2v) is 9.94. The molecule has 42 heavy (non-hydrogen) atoms. The van der Waals surface area contributed by atoms with Crippen LogP contribution in [0.2, 0.25) is 0 Å². The number of nitrogens with zero attached hydrogens (tertiary/aromatic N) is 5. The Labute approximate surface area is 235 Å². The zero-order chi connectivity index (χ0) is 30.7. The Hall–Kier alpha value is -3.91. The van der Waals surface area contributed by atoms with Gasteiger partial charge in [0, 0.05) is 30.9 Å². The van der Waals surface area contributed by atoms with E-state index in [4.69, 9.17) is 9.47 Å². The Morgan fingerprint density at radius 2 is 2.02 bits per heavy atom. The fraction of sp³-hybridized carbons (Fsp3) is 0.560. The number of carbonyl (C=O) groups excluding carboxylic acids is 1. The summed E-state index contributed by atoms with van der Waals surface area (Å²) in [5, 5.41) is 17.1. The molecule has 0 unspecified atom stereocenters. The normalized spacial score (nSPS) is 19.8. The maximum absolute atomic E-state index is 13.2. The van der Waals surface area contributed by atoms with E-state index in [1.54, 1.807) is 10.00 Å². The van der Waals surface area contributed by atoms with Crippen molar-refractivity contribution in [2.75, 3.05) is 43.1 Å². The Balaban J connectivity index is 1.35. The van der Waals surface area contributed by atoms with Crippen LogP contribution in [-0.2, 0) is 33.2 Å². The van der Waals surface area contributed by atoms with E-state index in [1.165, 1.54) is 11.8 Å². The number of carbonyl (C=O) groups is 1. The number of aromatic nitrogens is 3. The first-order chi connectivity index (χ1) is 19.8. The molecule has 0 aliphatic carbocycles. The molecule has 4 rings (SSSR count). The molecule has 1 saturated heterocycles. The third-order valence-corrected chi connectivity index (χ3v) is 6.82. The molecule has 1 fully saturated rings. The van der Waals surface area contributed by atoms with Crippen LogP contribution in [0.25, 0.3) is 0 Å². The molecule has 1 amide bonds. The van der Waals surface area contributed by atoms with Crippen molar-refractivity contribution in [1.29, 1.82) is 5.26 Å². The molecule has 2 N–H and O–H groups in total. The number of amides is 1. The van der Waals surface area contributed by atoms with Crippen molar-refractivity contribution in [3.05, 3.63) is 45.5 Å². The first-order valence-corrected chi connectivity index (χ1v) is 12.9. The number of hydrogen-bond donors (Lipinski definition) is 2. The van der Waals surface area contributed by atoms with Crippen molar-refractivity contribution in [3.8, 4) is 6.07 Å². The van der Waals surface area contributed by atoms with Gasteiger partial charge in [0.25, 0.3) is 5.56 Å². The summed E-state index contributed by atoms with van der Waals surface area (Å²) in [4.78, 5) is 32.1. The number of alkyl halides is 6. The molecule has 4 heterocycles. The standard InChI is InChI=1S/C25H27F6N7O4/c1-14(35-19-8-34-36-23(40)21(19)25(29,30)31)11-41-5-3-20(39)37-10-18-13-42-12-15-6-16(24(26,27)28)7-33-22(15)38(18)9-17(37)2-4-32/h6-8,14,17-18H,2-3,5,9-13H2,1H3,(H2,35,36,40)/t14-,17+,18+/m0/s1. The molecule has 11 nitrogen and oxygen atoms in total. The monoisotopic (exact) mass is 603 g/mol. The number of rotatable bonds is 8. The second-order valence-electron chi connectivity index (χ2n) is 9.94. The number of nitriles is 1. The van der Waals surface area contributed by atoms with Crippen LogP contribution in [0.15, 0.2) is 23.3 Å². The van der Waals surface area contributed by atoms with Gasteiger partial charge in [0.2, 0.25) is 5.91 Å². The van der Waals surface area contributed by atoms with Crippen molar-refractivity contribution >= 4 is 17.4 Å². The van der Waals surface area contributed by atoms with Crippen molar-refractivity contribution in [2.24, 2.45) is 0 Å². The molecule has 2 aliphatic heterocycles. The van der Waals surface area contributed by atoms with Crippen LogP contribution in [0.5, 0.6) is 0 Å². The zero-order valence-corrected chi connectivity index (χ0v) is 22.3. The van der Waals surface area contributed by atoms with Crippen LogP contribution in [0.1, 0.15) is 36.5 Å². The van der Waals surface area contributed by atoms with E-state index in [-0.39, 0.29) is 63.8 Å². The minimum atomic E-state index is -4.90. The molecular weight excluding hydrogens is 576 g/mol. The quantitative estimate of drug-likeness (QED) is 0.345. The molecule has 228 valence electrons. The maximum atomic E-state index is 13.2. The summed E-state index contributed by atoms with van der Waals surface area (Å²) in [5.74, 6) is -0.0202. The Kier molecular flexibility index (Phi) is 9.26. The van der Waals surface area contributed by atoms with Gasteiger partial charge >= 0.3 is 12.4 Å². The number of nitrogens with one attached hydrogen (secondary N) is 2. The van der Waals surface area contributed by atoms with Crippen LogP contribution in [0.3, 0.4) is 0 Å². The van der Waals surface area contributed by atoms with E-state index < -0.39 is 52.9 Å². The van der Waals surface area contributed by atoms with Gasteiger partial charge in [-0.3, -0.25) is 9.59 Å². The zero-order valence-electron chi connectivity index (χ0n) is 22.3. The highest BCUT2D eigenvalue weighted by atomic mass is 19.4. The number of ether oxygens (including phenoxy) is 2. The summed E-state index contributed by atoms with van der Waals surface area (Å²) in [6.07, 6.45) is -7.99.